The van der Waals surface area contributed by atoms with Crippen LogP contribution < -0.4 is 0 Å². The summed E-state index contributed by atoms with van der Waals surface area (Å²) in [4.78, 5) is 54.5. The number of ether oxygens (including phenoxy) is 2. The summed E-state index contributed by atoms with van der Waals surface area (Å²) >= 11 is 6.19. The van der Waals surface area contributed by atoms with Crippen molar-refractivity contribution < 1.29 is 33.8 Å². The second-order valence-corrected chi connectivity index (χ2v) is 21.4. The molecule has 5 aliphatic rings. The predicted molar refractivity (Wildman–Crippen MR) is 219 cm³/mol. The third-order valence-electron chi connectivity index (χ3n) is 16.6. The molecule has 0 radical (unpaired) electrons. The lowest BCUT2D eigenvalue weighted by Gasteiger charge is -2.72. The van der Waals surface area contributed by atoms with Gasteiger partial charge >= 0.3 is 17.9 Å². The van der Waals surface area contributed by atoms with E-state index < -0.39 is 28.9 Å². The first-order valence-electron chi connectivity index (χ1n) is 21.2. The van der Waals surface area contributed by atoms with E-state index in [0.29, 0.717) is 36.4 Å². The number of carboxylic acid groups (broad SMARTS) is 1. The van der Waals surface area contributed by atoms with Crippen molar-refractivity contribution in [2.45, 2.75) is 152 Å². The topological polar surface area (TPSA) is 110 Å². The molecule has 5 aliphatic carbocycles. The Kier molecular flexibility index (Phi) is 11.4. The molecule has 8 nitrogen and oxygen atoms in total. The molecule has 0 amide bonds. The number of benzene rings is 1. The number of esters is 2. The Morgan fingerprint density at radius 1 is 0.929 bits per heavy atom. The number of aliphatic carboxylic acids is 1. The van der Waals surface area contributed by atoms with Crippen molar-refractivity contribution >= 4 is 35.3 Å². The summed E-state index contributed by atoms with van der Waals surface area (Å²) in [7, 11) is 2.07. The second-order valence-electron chi connectivity index (χ2n) is 21.0. The number of rotatable bonds is 11. The Balaban J connectivity index is 1.31. The third-order valence-corrected chi connectivity index (χ3v) is 16.9. The molecule has 0 aromatic heterocycles. The summed E-state index contributed by atoms with van der Waals surface area (Å²) in [6.07, 6.45) is 7.18. The minimum Gasteiger partial charge on any atom is -0.481 e. The van der Waals surface area contributed by atoms with Gasteiger partial charge in [-0.25, -0.2) is 0 Å². The molecule has 0 aliphatic heterocycles. The van der Waals surface area contributed by atoms with Crippen LogP contribution in [0.1, 0.15) is 139 Å². The normalized spacial score (nSPS) is 35.6. The molecule has 1 aromatic carbocycles. The third kappa shape index (κ3) is 6.98. The van der Waals surface area contributed by atoms with Gasteiger partial charge in [-0.15, -0.1) is 0 Å². The van der Waals surface area contributed by atoms with Gasteiger partial charge < -0.3 is 14.6 Å². The number of hydrogen-bond donors (Lipinski definition) is 1. The molecule has 6 rings (SSSR count). The van der Waals surface area contributed by atoms with Gasteiger partial charge in [0.1, 0.15) is 12.2 Å². The van der Waals surface area contributed by atoms with E-state index in [2.05, 4.69) is 60.4 Å². The number of carbonyl (C=O) groups is 4. The van der Waals surface area contributed by atoms with Crippen LogP contribution in [0, 0.1) is 56.2 Å². The van der Waals surface area contributed by atoms with Crippen LogP contribution in [0.2, 0.25) is 5.02 Å². The van der Waals surface area contributed by atoms with Crippen LogP contribution in [0.3, 0.4) is 0 Å². The van der Waals surface area contributed by atoms with Crippen molar-refractivity contribution in [2.75, 3.05) is 13.6 Å². The van der Waals surface area contributed by atoms with E-state index in [9.17, 15) is 24.3 Å². The molecule has 9 atom stereocenters. The van der Waals surface area contributed by atoms with Gasteiger partial charge in [-0.3, -0.25) is 24.1 Å². The molecule has 0 spiro atoms. The van der Waals surface area contributed by atoms with Crippen LogP contribution in [-0.2, 0) is 35.2 Å². The molecule has 9 heteroatoms. The fourth-order valence-electron chi connectivity index (χ4n) is 13.7. The van der Waals surface area contributed by atoms with Gasteiger partial charge in [0.05, 0.1) is 11.8 Å². The van der Waals surface area contributed by atoms with Crippen LogP contribution in [0.5, 0.6) is 0 Å². The molecule has 1 aromatic rings. The number of likely N-dealkylation sites (N-methyl/N-ethyl adjacent to an activating group) is 1. The Bertz CT molecular complexity index is 1760. The van der Waals surface area contributed by atoms with E-state index >= 15 is 0 Å². The molecule has 0 unspecified atom stereocenters. The smallest absolute Gasteiger partial charge is 0.309 e. The minimum absolute atomic E-state index is 0.0153. The molecular weight excluding hydrogens is 726 g/mol. The fraction of sp³-hybridized carbons (Fsp3) is 0.745. The molecular formula is C47H68ClNO7. The van der Waals surface area contributed by atoms with Gasteiger partial charge in [-0.2, -0.15) is 0 Å². The van der Waals surface area contributed by atoms with E-state index in [-0.39, 0.29) is 57.8 Å². The van der Waals surface area contributed by atoms with Crippen molar-refractivity contribution in [1.29, 1.82) is 0 Å². The Hall–Kier alpha value is -2.71. The highest BCUT2D eigenvalue weighted by Gasteiger charge is 2.71. The fourth-order valence-corrected chi connectivity index (χ4v) is 13.8. The van der Waals surface area contributed by atoms with Crippen molar-refractivity contribution in [3.8, 4) is 0 Å². The highest BCUT2D eigenvalue weighted by Crippen LogP contribution is 2.77. The molecule has 4 saturated carbocycles. The number of carbonyl (C=O) groups excluding carboxylic acids is 3. The van der Waals surface area contributed by atoms with E-state index in [0.717, 1.165) is 62.5 Å². The molecule has 1 N–H and O–H groups in total. The second kappa shape index (κ2) is 14.8. The Morgan fingerprint density at radius 3 is 2.20 bits per heavy atom. The van der Waals surface area contributed by atoms with Gasteiger partial charge in [-0.1, -0.05) is 72.2 Å². The van der Waals surface area contributed by atoms with Crippen molar-refractivity contribution in [2.24, 2.45) is 56.2 Å². The number of fused-ring (bicyclic) bond motifs is 7. The van der Waals surface area contributed by atoms with Crippen molar-refractivity contribution in [3.63, 3.8) is 0 Å². The summed E-state index contributed by atoms with van der Waals surface area (Å²) in [5, 5.41) is 10.3. The summed E-state index contributed by atoms with van der Waals surface area (Å²) in [6, 6.07) is 7.86. The molecule has 0 saturated heterocycles. The lowest BCUT2D eigenvalue weighted by atomic mass is 9.33. The average molecular weight is 795 g/mol. The van der Waals surface area contributed by atoms with Gasteiger partial charge in [0, 0.05) is 42.3 Å². The Morgan fingerprint density at radius 2 is 1.59 bits per heavy atom. The maximum absolute atomic E-state index is 14.4. The van der Waals surface area contributed by atoms with Crippen molar-refractivity contribution in [1.82, 2.24) is 4.90 Å². The van der Waals surface area contributed by atoms with E-state index in [1.54, 1.807) is 13.8 Å². The van der Waals surface area contributed by atoms with Gasteiger partial charge in [0.25, 0.3) is 0 Å². The van der Waals surface area contributed by atoms with E-state index in [1.165, 1.54) is 12.5 Å². The number of carboxylic acids is 1. The number of nitrogens with zero attached hydrogens (tertiary/aromatic N) is 1. The van der Waals surface area contributed by atoms with Crippen molar-refractivity contribution in [3.05, 3.63) is 46.0 Å². The summed E-state index contributed by atoms with van der Waals surface area (Å²) in [5.41, 5.74) is 1.42. The summed E-state index contributed by atoms with van der Waals surface area (Å²) in [5.74, 6) is -0.421. The SMILES string of the molecule is CC(=O)O[C@H](CN(C)Cc1ccc(Cl)cc1)[C@@]12CC[C@]3(C)[C@H](CC[C@@H]4[C@@]5(C)CC[C@H](OC(=O)CC(C)(C)C(=O)O)C(C)(C)[C@@H]5CC[C@]43C)C1=C(C(C)C)C(=O)C2. The summed E-state index contributed by atoms with van der Waals surface area (Å²) in [6.45, 7) is 22.3. The quantitative estimate of drug-likeness (QED) is 0.221. The van der Waals surface area contributed by atoms with Crippen LogP contribution in [-0.4, -0.2) is 59.5 Å². The molecule has 56 heavy (non-hydrogen) atoms. The molecule has 0 bridgehead atoms. The summed E-state index contributed by atoms with van der Waals surface area (Å²) < 4.78 is 12.6. The Labute approximate surface area is 340 Å². The van der Waals surface area contributed by atoms with Crippen LogP contribution >= 0.6 is 11.6 Å². The molecule has 4 fully saturated rings. The predicted octanol–water partition coefficient (Wildman–Crippen LogP) is 10.1. The number of allylic oxidation sites excluding steroid dienone is 1. The first kappa shape index (κ1) is 42.9. The monoisotopic (exact) mass is 793 g/mol. The first-order chi connectivity index (χ1) is 25.9. The maximum Gasteiger partial charge on any atom is 0.309 e. The zero-order valence-electron chi connectivity index (χ0n) is 36.0. The molecule has 0 heterocycles. The van der Waals surface area contributed by atoms with Gasteiger partial charge in [0.2, 0.25) is 0 Å². The maximum atomic E-state index is 14.4. The largest absolute Gasteiger partial charge is 0.481 e. The standard InChI is InChI=1S/C47H68ClNO7/c1-28(2)39-33(51)24-47(37(55-29(3)50)27-49(11)26-30-12-14-31(48)15-13-30)23-22-45(9)32(40(39)47)16-17-35-44(8)20-19-36(56-38(52)25-42(4,5)41(53)54)43(6,7)34(44)18-21-46(35,45)10/h12-15,28,32,34-37H,16-27H2,1-11H3,(H,53,54)/t32-,34+,35-,36+,37-,44+,45-,46-,47+/m1/s1. The highest BCUT2D eigenvalue weighted by atomic mass is 35.5. The number of halogens is 1. The lowest BCUT2D eigenvalue weighted by molar-refractivity contribution is -0.235. The lowest BCUT2D eigenvalue weighted by Crippen LogP contribution is -2.66. The van der Waals surface area contributed by atoms with Gasteiger partial charge in [0.15, 0.2) is 5.78 Å². The van der Waals surface area contributed by atoms with Crippen LogP contribution in [0.25, 0.3) is 0 Å². The highest BCUT2D eigenvalue weighted by molar-refractivity contribution is 6.30. The van der Waals surface area contributed by atoms with E-state index in [1.807, 2.05) is 24.3 Å². The zero-order chi connectivity index (χ0) is 41.4. The number of hydrogen-bond acceptors (Lipinski definition) is 7. The van der Waals surface area contributed by atoms with Crippen LogP contribution in [0.4, 0.5) is 0 Å². The number of Topliss-reactive ketones (excluding diaryl/α,β-unsaturated/α-hetero) is 1. The first-order valence-corrected chi connectivity index (χ1v) is 21.6. The minimum atomic E-state index is -1.18. The average Bonchev–Trinajstić information content (AvgIpc) is 3.40. The number of ketones is 1. The molecule has 310 valence electrons. The zero-order valence-corrected chi connectivity index (χ0v) is 36.7. The van der Waals surface area contributed by atoms with Crippen LogP contribution in [0.15, 0.2) is 35.4 Å². The van der Waals surface area contributed by atoms with Gasteiger partial charge in [-0.05, 0) is 141 Å². The van der Waals surface area contributed by atoms with E-state index in [4.69, 9.17) is 21.1 Å².